The fraction of sp³-hybridized carbons (Fsp3) is 0.480. The maximum absolute atomic E-state index is 13.3. The number of thiophene rings is 1. The molecule has 2 fully saturated rings. The molecule has 188 valence electrons. The van der Waals surface area contributed by atoms with Crippen molar-refractivity contribution in [3.8, 4) is 0 Å². The molecule has 2 amide bonds. The first kappa shape index (κ1) is 23.4. The molecule has 2 saturated carbocycles. The van der Waals surface area contributed by atoms with E-state index >= 15 is 0 Å². The van der Waals surface area contributed by atoms with Crippen LogP contribution < -0.4 is 16.0 Å². The number of hydrogen-bond donors (Lipinski definition) is 3. The Kier molecular flexibility index (Phi) is 6.17. The number of nitrogens with one attached hydrogen (secondary N) is 3. The summed E-state index contributed by atoms with van der Waals surface area (Å²) >= 11 is 7.56. The average Bonchev–Trinajstić information content (AvgIpc) is 3.78. The third-order valence-corrected chi connectivity index (χ3v) is 8.58. The summed E-state index contributed by atoms with van der Waals surface area (Å²) in [4.78, 5) is 31.4. The van der Waals surface area contributed by atoms with E-state index in [1.807, 2.05) is 17.6 Å². The minimum atomic E-state index is -0.0869. The van der Waals surface area contributed by atoms with Gasteiger partial charge in [0.25, 0.3) is 5.91 Å². The van der Waals surface area contributed by atoms with Gasteiger partial charge in [0.1, 0.15) is 16.5 Å². The summed E-state index contributed by atoms with van der Waals surface area (Å²) in [5.41, 5.74) is 3.24. The first-order chi connectivity index (χ1) is 17.5. The van der Waals surface area contributed by atoms with Crippen molar-refractivity contribution in [2.45, 2.75) is 57.9 Å². The van der Waals surface area contributed by atoms with Crippen LogP contribution in [-0.4, -0.2) is 38.1 Å². The van der Waals surface area contributed by atoms with Crippen LogP contribution in [0.25, 0.3) is 0 Å². The molecule has 3 aliphatic carbocycles. The number of aromatic nitrogens is 4. The zero-order valence-corrected chi connectivity index (χ0v) is 21.6. The molecule has 0 saturated heterocycles. The van der Waals surface area contributed by atoms with Crippen LogP contribution in [-0.2, 0) is 17.6 Å². The van der Waals surface area contributed by atoms with Gasteiger partial charge in [0, 0.05) is 23.4 Å². The Morgan fingerprint density at radius 1 is 1.19 bits per heavy atom. The molecular weight excluding hydrogens is 498 g/mol. The van der Waals surface area contributed by atoms with E-state index in [0.717, 1.165) is 42.6 Å². The lowest BCUT2D eigenvalue weighted by atomic mass is 9.91. The van der Waals surface area contributed by atoms with E-state index in [4.69, 9.17) is 11.6 Å². The van der Waals surface area contributed by atoms with E-state index < -0.39 is 0 Å². The zero-order chi connectivity index (χ0) is 24.8. The lowest BCUT2D eigenvalue weighted by Crippen LogP contribution is -2.28. The maximum atomic E-state index is 13.3. The number of carbonyl (C=O) groups excluding carboxylic acids is 2. The molecule has 3 aromatic heterocycles. The van der Waals surface area contributed by atoms with Crippen LogP contribution in [0, 0.1) is 18.8 Å². The standard InChI is InChI=1S/C25H28ClN7O2S/c1-13-18(7-9-20(26)29-13)30-25-32-28-12-33(25)16-6-8-19-17(10-16)21(23(35)27-11-14-2-3-14)24(36-19)31-22(34)15-4-5-15/h7,9,12,14-16H,2-6,8,10-11H2,1H3,(H,27,35)(H,30,32)(H,31,34)/t16-/m0/s1. The molecule has 3 aliphatic rings. The monoisotopic (exact) mass is 525 g/mol. The smallest absolute Gasteiger partial charge is 0.254 e. The second kappa shape index (κ2) is 9.48. The van der Waals surface area contributed by atoms with Crippen molar-refractivity contribution >= 4 is 51.4 Å². The largest absolute Gasteiger partial charge is 0.352 e. The van der Waals surface area contributed by atoms with E-state index in [0.29, 0.717) is 40.5 Å². The topological polar surface area (TPSA) is 114 Å². The summed E-state index contributed by atoms with van der Waals surface area (Å²) in [5.74, 6) is 1.22. The van der Waals surface area contributed by atoms with E-state index in [9.17, 15) is 9.59 Å². The van der Waals surface area contributed by atoms with Gasteiger partial charge in [-0.1, -0.05) is 11.6 Å². The summed E-state index contributed by atoms with van der Waals surface area (Å²) in [7, 11) is 0. The number of rotatable bonds is 8. The van der Waals surface area contributed by atoms with Crippen molar-refractivity contribution in [2.24, 2.45) is 11.8 Å². The number of nitrogens with zero attached hydrogens (tertiary/aromatic N) is 4. The highest BCUT2D eigenvalue weighted by molar-refractivity contribution is 7.17. The van der Waals surface area contributed by atoms with Gasteiger partial charge in [-0.05, 0) is 75.5 Å². The van der Waals surface area contributed by atoms with Crippen molar-refractivity contribution in [2.75, 3.05) is 17.2 Å². The third kappa shape index (κ3) is 4.84. The number of aryl methyl sites for hydroxylation is 2. The highest BCUT2D eigenvalue weighted by Gasteiger charge is 2.35. The lowest BCUT2D eigenvalue weighted by molar-refractivity contribution is -0.117. The van der Waals surface area contributed by atoms with Gasteiger partial charge < -0.3 is 16.0 Å². The fourth-order valence-electron chi connectivity index (χ4n) is 4.72. The summed E-state index contributed by atoms with van der Waals surface area (Å²) < 4.78 is 2.03. The van der Waals surface area contributed by atoms with Crippen molar-refractivity contribution < 1.29 is 9.59 Å². The number of fused-ring (bicyclic) bond motifs is 1. The van der Waals surface area contributed by atoms with E-state index in [-0.39, 0.29) is 23.8 Å². The predicted octanol–water partition coefficient (Wildman–Crippen LogP) is 4.66. The average molecular weight is 526 g/mol. The van der Waals surface area contributed by atoms with Gasteiger partial charge in [-0.3, -0.25) is 14.2 Å². The van der Waals surface area contributed by atoms with Crippen LogP contribution >= 0.6 is 22.9 Å². The summed E-state index contributed by atoms with van der Waals surface area (Å²) in [6, 6.07) is 3.69. The normalized spacial score (nSPS) is 19.0. The van der Waals surface area contributed by atoms with Gasteiger partial charge in [0.2, 0.25) is 11.9 Å². The Bertz CT molecular complexity index is 1330. The van der Waals surface area contributed by atoms with Gasteiger partial charge >= 0.3 is 0 Å². The maximum Gasteiger partial charge on any atom is 0.254 e. The number of anilines is 3. The number of hydrogen-bond acceptors (Lipinski definition) is 7. The molecule has 1 atom stereocenters. The molecule has 6 rings (SSSR count). The number of pyridine rings is 1. The number of halogens is 1. The Morgan fingerprint density at radius 2 is 2.03 bits per heavy atom. The van der Waals surface area contributed by atoms with Crippen molar-refractivity contribution in [3.63, 3.8) is 0 Å². The number of carbonyl (C=O) groups is 2. The molecule has 9 nitrogen and oxygen atoms in total. The van der Waals surface area contributed by atoms with Crippen LogP contribution in [0.4, 0.5) is 16.6 Å². The molecule has 3 N–H and O–H groups in total. The fourth-order valence-corrected chi connectivity index (χ4v) is 6.15. The minimum absolute atomic E-state index is 0.0265. The Balaban J connectivity index is 1.27. The summed E-state index contributed by atoms with van der Waals surface area (Å²) in [5, 5.41) is 19.1. The van der Waals surface area contributed by atoms with Crippen LogP contribution in [0.3, 0.4) is 0 Å². The zero-order valence-electron chi connectivity index (χ0n) is 20.0. The first-order valence-corrected chi connectivity index (χ1v) is 13.7. The van der Waals surface area contributed by atoms with Crippen LogP contribution in [0.5, 0.6) is 0 Å². The molecule has 0 aliphatic heterocycles. The number of amides is 2. The predicted molar refractivity (Wildman–Crippen MR) is 139 cm³/mol. The minimum Gasteiger partial charge on any atom is -0.352 e. The molecule has 36 heavy (non-hydrogen) atoms. The first-order valence-electron chi connectivity index (χ1n) is 12.5. The summed E-state index contributed by atoms with van der Waals surface area (Å²) in [6.45, 7) is 2.58. The molecule has 0 bridgehead atoms. The molecule has 0 unspecified atom stereocenters. The van der Waals surface area contributed by atoms with Crippen molar-refractivity contribution in [1.29, 1.82) is 0 Å². The Morgan fingerprint density at radius 3 is 2.78 bits per heavy atom. The van der Waals surface area contributed by atoms with Crippen molar-refractivity contribution in [3.05, 3.63) is 45.3 Å². The molecule has 0 radical (unpaired) electrons. The SMILES string of the molecule is Cc1nc(Cl)ccc1Nc1nncn1[C@H]1CCc2sc(NC(=O)C3CC3)c(C(=O)NCC3CC3)c2C1. The van der Waals surface area contributed by atoms with E-state index in [1.54, 1.807) is 23.7 Å². The molecule has 0 aromatic carbocycles. The quantitative estimate of drug-likeness (QED) is 0.369. The van der Waals surface area contributed by atoms with Crippen LogP contribution in [0.15, 0.2) is 18.5 Å². The Hall–Kier alpha value is -2.98. The highest BCUT2D eigenvalue weighted by Crippen LogP contribution is 2.43. The molecule has 3 heterocycles. The van der Waals surface area contributed by atoms with Gasteiger partial charge in [-0.15, -0.1) is 21.5 Å². The lowest BCUT2D eigenvalue weighted by Gasteiger charge is -2.25. The molecule has 0 spiro atoms. The third-order valence-electron chi connectivity index (χ3n) is 7.16. The summed E-state index contributed by atoms with van der Waals surface area (Å²) in [6.07, 6.45) is 8.29. The van der Waals surface area contributed by atoms with Crippen LogP contribution in [0.1, 0.15) is 64.6 Å². The van der Waals surface area contributed by atoms with E-state index in [1.165, 1.54) is 17.7 Å². The molecule has 11 heteroatoms. The second-order valence-electron chi connectivity index (χ2n) is 9.98. The molecular formula is C25H28ClN7O2S. The van der Waals surface area contributed by atoms with Crippen LogP contribution in [0.2, 0.25) is 5.15 Å². The Labute approximate surface area is 218 Å². The van der Waals surface area contributed by atoms with Gasteiger partial charge in [-0.2, -0.15) is 0 Å². The second-order valence-corrected chi connectivity index (χ2v) is 11.5. The van der Waals surface area contributed by atoms with Gasteiger partial charge in [0.15, 0.2) is 0 Å². The van der Waals surface area contributed by atoms with Crippen molar-refractivity contribution in [1.82, 2.24) is 25.1 Å². The highest BCUT2D eigenvalue weighted by atomic mass is 35.5. The van der Waals surface area contributed by atoms with Gasteiger partial charge in [-0.25, -0.2) is 4.98 Å². The van der Waals surface area contributed by atoms with E-state index in [2.05, 4.69) is 31.1 Å². The molecule has 3 aromatic rings. The van der Waals surface area contributed by atoms with Gasteiger partial charge in [0.05, 0.1) is 16.9 Å².